The lowest BCUT2D eigenvalue weighted by molar-refractivity contribution is 0.649. The second-order valence-corrected chi connectivity index (χ2v) is 6.58. The second-order valence-electron chi connectivity index (χ2n) is 5.26. The lowest BCUT2D eigenvalue weighted by atomic mass is 10.2. The van der Waals surface area contributed by atoms with Crippen LogP contribution in [-0.2, 0) is 0 Å². The zero-order valence-electron chi connectivity index (χ0n) is 11.9. The molecule has 0 spiro atoms. The first-order valence-corrected chi connectivity index (χ1v) is 8.51. The highest BCUT2D eigenvalue weighted by Gasteiger charge is 2.21. The van der Waals surface area contributed by atoms with Crippen LogP contribution in [0.2, 0.25) is 5.02 Å². The average molecular weight is 331 g/mol. The minimum absolute atomic E-state index is 0.818. The van der Waals surface area contributed by atoms with Crippen LogP contribution in [0.4, 0.5) is 11.5 Å². The third kappa shape index (κ3) is 2.40. The van der Waals surface area contributed by atoms with E-state index in [1.807, 2.05) is 24.3 Å². The number of rotatable bonds is 2. The van der Waals surface area contributed by atoms with Gasteiger partial charge in [-0.1, -0.05) is 23.7 Å². The van der Waals surface area contributed by atoms with Gasteiger partial charge in [-0.25, -0.2) is 9.97 Å². The van der Waals surface area contributed by atoms with Crippen LogP contribution in [0.25, 0.3) is 10.2 Å². The summed E-state index contributed by atoms with van der Waals surface area (Å²) in [4.78, 5) is 13.5. The van der Waals surface area contributed by atoms with Crippen LogP contribution in [-0.4, -0.2) is 36.1 Å². The molecule has 3 heterocycles. The Morgan fingerprint density at radius 1 is 0.955 bits per heavy atom. The van der Waals surface area contributed by atoms with Crippen LogP contribution in [0.5, 0.6) is 0 Å². The van der Waals surface area contributed by atoms with Gasteiger partial charge in [0.15, 0.2) is 0 Å². The van der Waals surface area contributed by atoms with E-state index in [0.29, 0.717) is 0 Å². The lowest BCUT2D eigenvalue weighted by Gasteiger charge is -2.37. The molecule has 1 aliphatic rings. The molecule has 1 saturated heterocycles. The molecule has 22 heavy (non-hydrogen) atoms. The minimum atomic E-state index is 0.818. The molecule has 0 bridgehead atoms. The van der Waals surface area contributed by atoms with E-state index >= 15 is 0 Å². The predicted molar refractivity (Wildman–Crippen MR) is 93.3 cm³/mol. The first kappa shape index (κ1) is 13.8. The number of aromatic nitrogens is 2. The Morgan fingerprint density at radius 3 is 2.55 bits per heavy atom. The molecule has 0 aliphatic carbocycles. The Morgan fingerprint density at radius 2 is 1.73 bits per heavy atom. The summed E-state index contributed by atoms with van der Waals surface area (Å²) >= 11 is 8.01. The van der Waals surface area contributed by atoms with Crippen LogP contribution in [0, 0.1) is 0 Å². The fourth-order valence-corrected chi connectivity index (χ4v) is 3.99. The fraction of sp³-hybridized carbons (Fsp3) is 0.250. The summed E-state index contributed by atoms with van der Waals surface area (Å²) in [6.45, 7) is 3.77. The van der Waals surface area contributed by atoms with Crippen LogP contribution in [0.15, 0.2) is 42.0 Å². The number of hydrogen-bond donors (Lipinski definition) is 0. The molecule has 0 radical (unpaired) electrons. The van der Waals surface area contributed by atoms with Crippen LogP contribution >= 0.6 is 22.9 Å². The van der Waals surface area contributed by atoms with Gasteiger partial charge in [0.05, 0.1) is 20.9 Å². The average Bonchev–Trinajstić information content (AvgIpc) is 3.04. The maximum atomic E-state index is 6.30. The van der Waals surface area contributed by atoms with Crippen molar-refractivity contribution in [2.75, 3.05) is 36.0 Å². The SMILES string of the molecule is Clc1ccccc1N1CCN(c2ncnc3ccsc23)CC1. The van der Waals surface area contributed by atoms with Gasteiger partial charge in [-0.15, -0.1) is 11.3 Å². The summed E-state index contributed by atoms with van der Waals surface area (Å²) < 4.78 is 1.17. The number of piperazine rings is 1. The van der Waals surface area contributed by atoms with Gasteiger partial charge in [0.1, 0.15) is 12.1 Å². The summed E-state index contributed by atoms with van der Waals surface area (Å²) in [5, 5.41) is 2.89. The topological polar surface area (TPSA) is 32.3 Å². The molecule has 4 nitrogen and oxygen atoms in total. The van der Waals surface area contributed by atoms with Crippen LogP contribution in [0.1, 0.15) is 0 Å². The van der Waals surface area contributed by atoms with Gasteiger partial charge < -0.3 is 9.80 Å². The lowest BCUT2D eigenvalue weighted by Crippen LogP contribution is -2.47. The summed E-state index contributed by atoms with van der Waals surface area (Å²) in [6, 6.07) is 10.1. The van der Waals surface area contributed by atoms with E-state index in [4.69, 9.17) is 11.6 Å². The van der Waals surface area contributed by atoms with Gasteiger partial charge in [-0.3, -0.25) is 0 Å². The highest BCUT2D eigenvalue weighted by molar-refractivity contribution is 7.17. The zero-order valence-corrected chi connectivity index (χ0v) is 13.5. The van der Waals surface area contributed by atoms with Crippen molar-refractivity contribution >= 4 is 44.7 Å². The smallest absolute Gasteiger partial charge is 0.150 e. The molecule has 0 saturated carbocycles. The number of thiophene rings is 1. The number of halogens is 1. The summed E-state index contributed by atoms with van der Waals surface area (Å²) in [7, 11) is 0. The second kappa shape index (κ2) is 5.74. The number of nitrogens with zero attached hydrogens (tertiary/aromatic N) is 4. The quantitative estimate of drug-likeness (QED) is 0.717. The van der Waals surface area contributed by atoms with Crippen molar-refractivity contribution in [2.45, 2.75) is 0 Å². The molecule has 3 aromatic rings. The molecule has 0 atom stereocenters. The molecular weight excluding hydrogens is 316 g/mol. The van der Waals surface area contributed by atoms with Crippen molar-refractivity contribution in [3.05, 3.63) is 47.1 Å². The van der Waals surface area contributed by atoms with Gasteiger partial charge in [-0.2, -0.15) is 0 Å². The van der Waals surface area contributed by atoms with E-state index in [9.17, 15) is 0 Å². The van der Waals surface area contributed by atoms with Gasteiger partial charge in [0.25, 0.3) is 0 Å². The number of benzene rings is 1. The minimum Gasteiger partial charge on any atom is -0.367 e. The third-order valence-corrected chi connectivity index (χ3v) is 5.22. The standard InChI is InChI=1S/C16H15ClN4S/c17-12-3-1-2-4-14(12)20-6-8-21(9-7-20)16-15-13(5-10-22-15)18-11-19-16/h1-5,10-11H,6-9H2. The Kier molecular flexibility index (Phi) is 3.60. The number of anilines is 2. The molecular formula is C16H15ClN4S. The highest BCUT2D eigenvalue weighted by atomic mass is 35.5. The van der Waals surface area contributed by atoms with E-state index < -0.39 is 0 Å². The predicted octanol–water partition coefficient (Wildman–Crippen LogP) is 3.67. The van der Waals surface area contributed by atoms with Gasteiger partial charge >= 0.3 is 0 Å². The Bertz CT molecular complexity index is 795. The summed E-state index contributed by atoms with van der Waals surface area (Å²) in [6.07, 6.45) is 1.66. The van der Waals surface area contributed by atoms with Crippen molar-refractivity contribution in [1.29, 1.82) is 0 Å². The Labute approximate surface area is 138 Å². The van der Waals surface area contributed by atoms with E-state index in [1.54, 1.807) is 17.7 Å². The number of para-hydroxylation sites is 1. The largest absolute Gasteiger partial charge is 0.367 e. The zero-order chi connectivity index (χ0) is 14.9. The molecule has 0 N–H and O–H groups in total. The molecule has 4 rings (SSSR count). The number of fused-ring (bicyclic) bond motifs is 1. The van der Waals surface area contributed by atoms with Gasteiger partial charge in [0.2, 0.25) is 0 Å². The molecule has 0 amide bonds. The van der Waals surface area contributed by atoms with Gasteiger partial charge in [0, 0.05) is 26.2 Å². The van der Waals surface area contributed by atoms with Crippen molar-refractivity contribution in [1.82, 2.24) is 9.97 Å². The van der Waals surface area contributed by atoms with Crippen molar-refractivity contribution in [3.8, 4) is 0 Å². The maximum Gasteiger partial charge on any atom is 0.150 e. The van der Waals surface area contributed by atoms with Crippen molar-refractivity contribution in [3.63, 3.8) is 0 Å². The molecule has 6 heteroatoms. The van der Waals surface area contributed by atoms with E-state index in [-0.39, 0.29) is 0 Å². The first-order valence-electron chi connectivity index (χ1n) is 7.25. The molecule has 1 fully saturated rings. The first-order chi connectivity index (χ1) is 10.8. The molecule has 1 aliphatic heterocycles. The number of hydrogen-bond acceptors (Lipinski definition) is 5. The summed E-state index contributed by atoms with van der Waals surface area (Å²) in [5.41, 5.74) is 2.15. The van der Waals surface area contributed by atoms with E-state index in [2.05, 4.69) is 31.2 Å². The highest BCUT2D eigenvalue weighted by Crippen LogP contribution is 2.30. The molecule has 112 valence electrons. The van der Waals surface area contributed by atoms with Crippen molar-refractivity contribution in [2.24, 2.45) is 0 Å². The van der Waals surface area contributed by atoms with Crippen LogP contribution in [0.3, 0.4) is 0 Å². The van der Waals surface area contributed by atoms with Crippen LogP contribution < -0.4 is 9.80 Å². The van der Waals surface area contributed by atoms with Gasteiger partial charge in [-0.05, 0) is 23.6 Å². The monoisotopic (exact) mass is 330 g/mol. The fourth-order valence-electron chi connectivity index (χ4n) is 2.87. The van der Waals surface area contributed by atoms with E-state index in [0.717, 1.165) is 48.2 Å². The molecule has 0 unspecified atom stereocenters. The molecule has 2 aromatic heterocycles. The Hall–Kier alpha value is -1.85. The summed E-state index contributed by atoms with van der Waals surface area (Å²) in [5.74, 6) is 1.05. The third-order valence-electron chi connectivity index (χ3n) is 4.00. The molecule has 1 aromatic carbocycles. The van der Waals surface area contributed by atoms with Crippen molar-refractivity contribution < 1.29 is 0 Å². The maximum absolute atomic E-state index is 6.30. The van der Waals surface area contributed by atoms with E-state index in [1.165, 1.54) is 4.70 Å². The Balaban J connectivity index is 1.55. The normalized spacial score (nSPS) is 15.5.